The van der Waals surface area contributed by atoms with Gasteiger partial charge in [0.1, 0.15) is 0 Å². The van der Waals surface area contributed by atoms with Gasteiger partial charge in [0.05, 0.1) is 6.04 Å². The number of aromatic nitrogens is 2. The lowest BCUT2D eigenvalue weighted by molar-refractivity contribution is 0.259. The fourth-order valence-corrected chi connectivity index (χ4v) is 2.78. The van der Waals surface area contributed by atoms with Crippen LogP contribution in [-0.2, 0) is 6.42 Å². The molecule has 2 atom stereocenters. The standard InChI is InChI=1S/C16H21N3O/c1-11-4-3-5-13(8-11)10-15-18-16(20-19-15)14-9-12(2)6-7-17-14/h3-5,8,12,14,17H,6-7,9-10H2,1-2H3. The van der Waals surface area contributed by atoms with Gasteiger partial charge >= 0.3 is 0 Å². The van der Waals surface area contributed by atoms with Crippen LogP contribution in [0, 0.1) is 12.8 Å². The Hall–Kier alpha value is -1.68. The van der Waals surface area contributed by atoms with Crippen molar-refractivity contribution in [1.29, 1.82) is 0 Å². The van der Waals surface area contributed by atoms with Crippen molar-refractivity contribution in [2.24, 2.45) is 5.92 Å². The first-order chi connectivity index (χ1) is 9.70. The van der Waals surface area contributed by atoms with Crippen molar-refractivity contribution in [1.82, 2.24) is 15.5 Å². The van der Waals surface area contributed by atoms with Crippen molar-refractivity contribution in [2.45, 2.75) is 39.2 Å². The summed E-state index contributed by atoms with van der Waals surface area (Å²) in [6, 6.07) is 8.65. The smallest absolute Gasteiger partial charge is 0.243 e. The zero-order chi connectivity index (χ0) is 13.9. The molecule has 1 fully saturated rings. The van der Waals surface area contributed by atoms with Crippen LogP contribution in [0.15, 0.2) is 28.8 Å². The number of nitrogens with zero attached hydrogens (tertiary/aromatic N) is 2. The van der Waals surface area contributed by atoms with Crippen LogP contribution >= 0.6 is 0 Å². The van der Waals surface area contributed by atoms with Crippen LogP contribution in [0.4, 0.5) is 0 Å². The van der Waals surface area contributed by atoms with Crippen LogP contribution in [0.3, 0.4) is 0 Å². The molecule has 1 aromatic carbocycles. The number of nitrogens with one attached hydrogen (secondary N) is 1. The van der Waals surface area contributed by atoms with Crippen molar-refractivity contribution >= 4 is 0 Å². The van der Waals surface area contributed by atoms with Crippen molar-refractivity contribution < 1.29 is 4.52 Å². The molecule has 0 saturated carbocycles. The second kappa shape index (κ2) is 5.75. The average Bonchev–Trinajstić information content (AvgIpc) is 2.87. The summed E-state index contributed by atoms with van der Waals surface area (Å²) >= 11 is 0. The lowest BCUT2D eigenvalue weighted by Gasteiger charge is -2.25. The van der Waals surface area contributed by atoms with Gasteiger partial charge in [-0.3, -0.25) is 0 Å². The second-order valence-electron chi connectivity index (χ2n) is 5.85. The minimum Gasteiger partial charge on any atom is -0.338 e. The fraction of sp³-hybridized carbons (Fsp3) is 0.500. The summed E-state index contributed by atoms with van der Waals surface area (Å²) in [6.07, 6.45) is 3.03. The lowest BCUT2D eigenvalue weighted by atomic mass is 9.94. The summed E-state index contributed by atoms with van der Waals surface area (Å²) in [5.41, 5.74) is 2.48. The predicted molar refractivity (Wildman–Crippen MR) is 77.4 cm³/mol. The molecule has 3 rings (SSSR count). The zero-order valence-electron chi connectivity index (χ0n) is 12.1. The Morgan fingerprint density at radius 2 is 2.30 bits per heavy atom. The van der Waals surface area contributed by atoms with Gasteiger partial charge in [-0.25, -0.2) is 0 Å². The van der Waals surface area contributed by atoms with E-state index in [0.717, 1.165) is 31.1 Å². The maximum atomic E-state index is 5.43. The van der Waals surface area contributed by atoms with Gasteiger partial charge in [-0.05, 0) is 37.8 Å². The molecule has 0 aliphatic carbocycles. The maximum Gasteiger partial charge on any atom is 0.243 e. The summed E-state index contributed by atoms with van der Waals surface area (Å²) in [6.45, 7) is 5.40. The van der Waals surface area contributed by atoms with Gasteiger partial charge in [0, 0.05) is 6.42 Å². The van der Waals surface area contributed by atoms with Crippen molar-refractivity contribution in [3.63, 3.8) is 0 Å². The molecule has 1 aromatic heterocycles. The average molecular weight is 271 g/mol. The summed E-state index contributed by atoms with van der Waals surface area (Å²) < 4.78 is 5.43. The van der Waals surface area contributed by atoms with E-state index in [1.54, 1.807) is 0 Å². The van der Waals surface area contributed by atoms with Crippen LogP contribution < -0.4 is 5.32 Å². The monoisotopic (exact) mass is 271 g/mol. The third-order valence-corrected chi connectivity index (χ3v) is 3.89. The number of hydrogen-bond donors (Lipinski definition) is 1. The van der Waals surface area contributed by atoms with E-state index in [0.29, 0.717) is 5.92 Å². The molecule has 20 heavy (non-hydrogen) atoms. The molecular formula is C16H21N3O. The minimum absolute atomic E-state index is 0.220. The molecule has 4 heteroatoms. The van der Waals surface area contributed by atoms with E-state index in [9.17, 15) is 0 Å². The predicted octanol–water partition coefficient (Wildman–Crippen LogP) is 3.03. The van der Waals surface area contributed by atoms with Crippen LogP contribution in [0.5, 0.6) is 0 Å². The van der Waals surface area contributed by atoms with Gasteiger partial charge in [0.2, 0.25) is 5.89 Å². The highest BCUT2D eigenvalue weighted by Gasteiger charge is 2.24. The highest BCUT2D eigenvalue weighted by atomic mass is 16.5. The quantitative estimate of drug-likeness (QED) is 0.932. The molecule has 1 aliphatic rings. The van der Waals surface area contributed by atoms with Crippen LogP contribution in [0.25, 0.3) is 0 Å². The highest BCUT2D eigenvalue weighted by Crippen LogP contribution is 2.25. The van der Waals surface area contributed by atoms with E-state index >= 15 is 0 Å². The molecule has 106 valence electrons. The van der Waals surface area contributed by atoms with Gasteiger partial charge < -0.3 is 9.84 Å². The molecule has 0 bridgehead atoms. The Morgan fingerprint density at radius 1 is 1.40 bits per heavy atom. The third-order valence-electron chi connectivity index (χ3n) is 3.89. The van der Waals surface area contributed by atoms with E-state index in [-0.39, 0.29) is 6.04 Å². The molecule has 1 N–H and O–H groups in total. The third kappa shape index (κ3) is 3.07. The first-order valence-corrected chi connectivity index (χ1v) is 7.32. The Kier molecular flexibility index (Phi) is 3.83. The molecule has 2 unspecified atom stereocenters. The molecule has 2 aromatic rings. The first-order valence-electron chi connectivity index (χ1n) is 7.32. The second-order valence-corrected chi connectivity index (χ2v) is 5.85. The van der Waals surface area contributed by atoms with Crippen LogP contribution in [0.1, 0.15) is 48.6 Å². The Balaban J connectivity index is 1.70. The zero-order valence-corrected chi connectivity index (χ0v) is 12.1. The summed E-state index contributed by atoms with van der Waals surface area (Å²) in [5.74, 6) is 2.22. The Morgan fingerprint density at radius 3 is 3.10 bits per heavy atom. The van der Waals surface area contributed by atoms with Crippen molar-refractivity contribution in [3.05, 3.63) is 47.1 Å². The van der Waals surface area contributed by atoms with Gasteiger partial charge in [0.15, 0.2) is 5.82 Å². The van der Waals surface area contributed by atoms with E-state index < -0.39 is 0 Å². The van der Waals surface area contributed by atoms with E-state index in [1.165, 1.54) is 17.5 Å². The molecular weight excluding hydrogens is 250 g/mol. The Labute approximate surface area is 119 Å². The van der Waals surface area contributed by atoms with Crippen molar-refractivity contribution in [2.75, 3.05) is 6.54 Å². The topological polar surface area (TPSA) is 51.0 Å². The van der Waals surface area contributed by atoms with Crippen LogP contribution in [-0.4, -0.2) is 16.7 Å². The highest BCUT2D eigenvalue weighted by molar-refractivity contribution is 5.24. The summed E-state index contributed by atoms with van der Waals surface area (Å²) in [7, 11) is 0. The normalized spacial score (nSPS) is 22.9. The van der Waals surface area contributed by atoms with E-state index in [2.05, 4.69) is 53.6 Å². The molecule has 0 radical (unpaired) electrons. The van der Waals surface area contributed by atoms with Crippen molar-refractivity contribution in [3.8, 4) is 0 Å². The van der Waals surface area contributed by atoms with Gasteiger partial charge in [-0.2, -0.15) is 4.98 Å². The Bertz CT molecular complexity index is 579. The molecule has 2 heterocycles. The van der Waals surface area contributed by atoms with Gasteiger partial charge in [0.25, 0.3) is 0 Å². The van der Waals surface area contributed by atoms with Crippen LogP contribution in [0.2, 0.25) is 0 Å². The van der Waals surface area contributed by atoms with E-state index in [1.807, 2.05) is 0 Å². The summed E-state index contributed by atoms with van der Waals surface area (Å²) in [5, 5.41) is 7.57. The number of piperidine rings is 1. The maximum absolute atomic E-state index is 5.43. The SMILES string of the molecule is Cc1cccc(Cc2noc(C3CC(C)CCN3)n2)c1. The number of benzene rings is 1. The molecule has 0 spiro atoms. The van der Waals surface area contributed by atoms with Gasteiger partial charge in [-0.15, -0.1) is 0 Å². The summed E-state index contributed by atoms with van der Waals surface area (Å²) in [4.78, 5) is 4.55. The molecule has 4 nitrogen and oxygen atoms in total. The molecule has 1 saturated heterocycles. The number of hydrogen-bond acceptors (Lipinski definition) is 4. The largest absolute Gasteiger partial charge is 0.338 e. The van der Waals surface area contributed by atoms with E-state index in [4.69, 9.17) is 4.52 Å². The molecule has 0 amide bonds. The molecule has 1 aliphatic heterocycles. The fourth-order valence-electron chi connectivity index (χ4n) is 2.78. The minimum atomic E-state index is 0.220. The lowest BCUT2D eigenvalue weighted by Crippen LogP contribution is -2.30. The number of rotatable bonds is 3. The first kappa shape index (κ1) is 13.3. The van der Waals surface area contributed by atoms with Gasteiger partial charge in [-0.1, -0.05) is 41.9 Å². The number of aryl methyl sites for hydroxylation is 1.